The van der Waals surface area contributed by atoms with Crippen LogP contribution in [-0.2, 0) is 14.8 Å². The van der Waals surface area contributed by atoms with E-state index in [1.165, 1.54) is 4.90 Å². The van der Waals surface area contributed by atoms with Gasteiger partial charge in [0.25, 0.3) is 15.9 Å². The topological polar surface area (TPSA) is 66.8 Å². The fraction of sp³-hybridized carbons (Fsp3) is 0.111. The third kappa shape index (κ3) is 4.48. The summed E-state index contributed by atoms with van der Waals surface area (Å²) in [7, 11) is -4.06. The molecule has 27 heavy (non-hydrogen) atoms. The van der Waals surface area contributed by atoms with Crippen LogP contribution in [0.1, 0.15) is 12.5 Å². The van der Waals surface area contributed by atoms with E-state index < -0.39 is 15.8 Å². The number of sulfonamides is 1. The second-order valence-corrected chi connectivity index (χ2v) is 9.04. The van der Waals surface area contributed by atoms with Crippen molar-refractivity contribution in [2.45, 2.75) is 11.8 Å². The number of rotatable bonds is 4. The van der Waals surface area contributed by atoms with Gasteiger partial charge in [-0.3, -0.25) is 9.69 Å². The van der Waals surface area contributed by atoms with Crippen LogP contribution in [0.25, 0.3) is 6.08 Å². The highest BCUT2D eigenvalue weighted by Gasteiger charge is 2.34. The van der Waals surface area contributed by atoms with Gasteiger partial charge < -0.3 is 0 Å². The van der Waals surface area contributed by atoms with E-state index in [0.717, 1.165) is 46.1 Å². The average Bonchev–Trinajstić information content (AvgIpc) is 2.91. The number of nitrogens with zero attached hydrogens (tertiary/aromatic N) is 2. The van der Waals surface area contributed by atoms with Crippen LogP contribution in [0, 0.1) is 5.82 Å². The minimum absolute atomic E-state index is 0.0789. The molecule has 1 heterocycles. The number of halogens is 2. The molecule has 0 atom stereocenters. The predicted octanol–water partition coefficient (Wildman–Crippen LogP) is 4.27. The van der Waals surface area contributed by atoms with Gasteiger partial charge in [0, 0.05) is 11.0 Å². The summed E-state index contributed by atoms with van der Waals surface area (Å²) in [4.78, 5) is 14.1. The van der Waals surface area contributed by atoms with Gasteiger partial charge in [-0.1, -0.05) is 28.1 Å². The Hall–Kier alpha value is -1.97. The standard InChI is InChI=1S/C18H14BrFN2O3S2/c1-2-22-17(23)16(11-12-3-5-13(19)6-4-12)26-18(22)21-27(24,25)15-9-7-14(20)8-10-15/h3-11H,2H2,1H3/b16-11-,21-18-. The van der Waals surface area contributed by atoms with Crippen molar-refractivity contribution in [2.24, 2.45) is 4.40 Å². The normalized spacial score (nSPS) is 17.9. The Labute approximate surface area is 169 Å². The van der Waals surface area contributed by atoms with E-state index in [0.29, 0.717) is 4.91 Å². The Kier molecular flexibility index (Phi) is 5.83. The Morgan fingerprint density at radius 3 is 2.37 bits per heavy atom. The van der Waals surface area contributed by atoms with Crippen molar-refractivity contribution in [1.29, 1.82) is 0 Å². The molecule has 1 saturated heterocycles. The summed E-state index contributed by atoms with van der Waals surface area (Å²) in [6.07, 6.45) is 1.69. The van der Waals surface area contributed by atoms with Crippen molar-refractivity contribution >= 4 is 54.9 Å². The molecule has 0 saturated carbocycles. The number of amidine groups is 1. The van der Waals surface area contributed by atoms with Gasteiger partial charge in [-0.05, 0) is 66.7 Å². The second-order valence-electron chi connectivity index (χ2n) is 5.51. The summed E-state index contributed by atoms with van der Waals surface area (Å²) in [6.45, 7) is 2.02. The number of hydrogen-bond donors (Lipinski definition) is 0. The molecule has 140 valence electrons. The van der Waals surface area contributed by atoms with Crippen LogP contribution in [-0.4, -0.2) is 30.9 Å². The third-order valence-corrected chi connectivity index (χ3v) is 6.61. The molecule has 0 N–H and O–H groups in total. The first-order valence-corrected chi connectivity index (χ1v) is 10.9. The Morgan fingerprint density at radius 1 is 1.15 bits per heavy atom. The molecule has 0 bridgehead atoms. The van der Waals surface area contributed by atoms with Crippen molar-refractivity contribution in [3.8, 4) is 0 Å². The molecule has 0 spiro atoms. The minimum Gasteiger partial charge on any atom is -0.286 e. The first-order chi connectivity index (χ1) is 12.8. The average molecular weight is 469 g/mol. The van der Waals surface area contributed by atoms with Crippen LogP contribution in [0.3, 0.4) is 0 Å². The summed E-state index contributed by atoms with van der Waals surface area (Å²) in [5.74, 6) is -0.847. The molecule has 2 aromatic rings. The maximum atomic E-state index is 13.0. The van der Waals surface area contributed by atoms with Crippen LogP contribution >= 0.6 is 27.7 Å². The second kappa shape index (κ2) is 7.95. The predicted molar refractivity (Wildman–Crippen MR) is 108 cm³/mol. The zero-order valence-corrected chi connectivity index (χ0v) is 17.3. The summed E-state index contributed by atoms with van der Waals surface area (Å²) >= 11 is 4.35. The first-order valence-electron chi connectivity index (χ1n) is 7.87. The van der Waals surface area contributed by atoms with Crippen molar-refractivity contribution in [1.82, 2.24) is 4.90 Å². The van der Waals surface area contributed by atoms with E-state index in [4.69, 9.17) is 0 Å². The van der Waals surface area contributed by atoms with Gasteiger partial charge in [-0.25, -0.2) is 4.39 Å². The number of hydrogen-bond acceptors (Lipinski definition) is 4. The first kappa shape index (κ1) is 19.8. The molecule has 0 unspecified atom stereocenters. The van der Waals surface area contributed by atoms with E-state index in [9.17, 15) is 17.6 Å². The Morgan fingerprint density at radius 2 is 1.78 bits per heavy atom. The van der Waals surface area contributed by atoms with Crippen molar-refractivity contribution in [3.63, 3.8) is 0 Å². The number of thioether (sulfide) groups is 1. The maximum absolute atomic E-state index is 13.0. The van der Waals surface area contributed by atoms with Gasteiger partial charge in [0.15, 0.2) is 5.17 Å². The third-order valence-electron chi connectivity index (χ3n) is 3.68. The summed E-state index contributed by atoms with van der Waals surface area (Å²) in [5, 5.41) is 0.0789. The van der Waals surface area contributed by atoms with Crippen LogP contribution in [0.2, 0.25) is 0 Å². The van der Waals surface area contributed by atoms with Crippen molar-refractivity contribution < 1.29 is 17.6 Å². The summed E-state index contributed by atoms with van der Waals surface area (Å²) < 4.78 is 42.7. The summed E-state index contributed by atoms with van der Waals surface area (Å²) in [5.41, 5.74) is 0.813. The highest BCUT2D eigenvalue weighted by molar-refractivity contribution is 9.10. The monoisotopic (exact) mass is 468 g/mol. The number of carbonyl (C=O) groups excluding carboxylic acids is 1. The molecular weight excluding hydrogens is 455 g/mol. The number of likely N-dealkylation sites (N-methyl/N-ethyl adjacent to an activating group) is 1. The van der Waals surface area contributed by atoms with Crippen molar-refractivity contribution in [2.75, 3.05) is 6.54 Å². The molecule has 0 radical (unpaired) electrons. The highest BCUT2D eigenvalue weighted by Crippen LogP contribution is 2.33. The minimum atomic E-state index is -4.06. The molecule has 0 aromatic heterocycles. The molecule has 1 fully saturated rings. The van der Waals surface area contributed by atoms with E-state index in [2.05, 4.69) is 20.3 Å². The Balaban J connectivity index is 1.95. The fourth-order valence-corrected chi connectivity index (χ4v) is 4.84. The molecule has 0 aliphatic carbocycles. The zero-order valence-electron chi connectivity index (χ0n) is 14.1. The molecule has 3 rings (SSSR count). The van der Waals surface area contributed by atoms with Crippen LogP contribution in [0.4, 0.5) is 4.39 Å². The van der Waals surface area contributed by atoms with Crippen molar-refractivity contribution in [3.05, 3.63) is 69.3 Å². The van der Waals surface area contributed by atoms with E-state index in [1.807, 2.05) is 24.3 Å². The Bertz CT molecular complexity index is 1030. The number of amides is 1. The lowest BCUT2D eigenvalue weighted by Gasteiger charge is -2.11. The van der Waals surface area contributed by atoms with Crippen LogP contribution < -0.4 is 0 Å². The number of benzene rings is 2. The maximum Gasteiger partial charge on any atom is 0.284 e. The lowest BCUT2D eigenvalue weighted by Crippen LogP contribution is -2.29. The molecule has 9 heteroatoms. The lowest BCUT2D eigenvalue weighted by molar-refractivity contribution is -0.122. The van der Waals surface area contributed by atoms with E-state index in [1.54, 1.807) is 13.0 Å². The van der Waals surface area contributed by atoms with Gasteiger partial charge in [0.05, 0.1) is 9.80 Å². The van der Waals surface area contributed by atoms with Gasteiger partial charge in [-0.2, -0.15) is 8.42 Å². The lowest BCUT2D eigenvalue weighted by atomic mass is 10.2. The van der Waals surface area contributed by atoms with E-state index in [-0.39, 0.29) is 22.5 Å². The zero-order chi connectivity index (χ0) is 19.6. The van der Waals surface area contributed by atoms with Crippen LogP contribution in [0.5, 0.6) is 0 Å². The largest absolute Gasteiger partial charge is 0.286 e. The molecule has 1 amide bonds. The molecule has 2 aromatic carbocycles. The smallest absolute Gasteiger partial charge is 0.284 e. The molecule has 1 aliphatic heterocycles. The van der Waals surface area contributed by atoms with Gasteiger partial charge in [-0.15, -0.1) is 4.40 Å². The summed E-state index contributed by atoms with van der Waals surface area (Å²) in [6, 6.07) is 11.8. The molecule has 1 aliphatic rings. The molecule has 5 nitrogen and oxygen atoms in total. The number of carbonyl (C=O) groups is 1. The van der Waals surface area contributed by atoms with Crippen LogP contribution in [0.15, 0.2) is 67.2 Å². The molecular formula is C18H14BrFN2O3S2. The quantitative estimate of drug-likeness (QED) is 0.628. The highest BCUT2D eigenvalue weighted by atomic mass is 79.9. The SMILES string of the molecule is CCN1C(=O)/C(=C/c2ccc(Br)cc2)S/C1=N\S(=O)(=O)c1ccc(F)cc1. The van der Waals surface area contributed by atoms with E-state index >= 15 is 0 Å². The van der Waals surface area contributed by atoms with Gasteiger partial charge >= 0.3 is 0 Å². The van der Waals surface area contributed by atoms with Gasteiger partial charge in [0.1, 0.15) is 5.82 Å². The fourth-order valence-electron chi connectivity index (χ4n) is 2.33. The van der Waals surface area contributed by atoms with Gasteiger partial charge in [0.2, 0.25) is 0 Å².